The van der Waals surface area contributed by atoms with Crippen LogP contribution in [0.3, 0.4) is 0 Å². The van der Waals surface area contributed by atoms with E-state index in [9.17, 15) is 9.59 Å². The second kappa shape index (κ2) is 8.32. The Hall–Kier alpha value is -1.28. The lowest BCUT2D eigenvalue weighted by Crippen LogP contribution is -2.34. The summed E-state index contributed by atoms with van der Waals surface area (Å²) in [7, 11) is 0. The second-order valence-electron chi connectivity index (χ2n) is 2.47. The van der Waals surface area contributed by atoms with Crippen LogP contribution in [0.2, 0.25) is 0 Å². The zero-order valence-electron chi connectivity index (χ0n) is 7.68. The van der Waals surface area contributed by atoms with E-state index in [2.05, 4.69) is 10.6 Å². The van der Waals surface area contributed by atoms with E-state index in [1.807, 2.05) is 0 Å². The average Bonchev–Trinajstić information content (AvgIpc) is 2.13. The van der Waals surface area contributed by atoms with Crippen LogP contribution >= 0.6 is 11.6 Å². The minimum Gasteiger partial charge on any atom is -0.354 e. The van der Waals surface area contributed by atoms with E-state index in [4.69, 9.17) is 16.9 Å². The molecule has 5 nitrogen and oxygen atoms in total. The van der Waals surface area contributed by atoms with Gasteiger partial charge in [0.05, 0.1) is 6.07 Å². The third kappa shape index (κ3) is 7.37. The van der Waals surface area contributed by atoms with Gasteiger partial charge in [-0.3, -0.25) is 9.59 Å². The number of hydrogen-bond acceptors (Lipinski definition) is 3. The third-order valence-electron chi connectivity index (χ3n) is 1.33. The van der Waals surface area contributed by atoms with Crippen molar-refractivity contribution in [3.05, 3.63) is 0 Å². The summed E-state index contributed by atoms with van der Waals surface area (Å²) in [6.07, 6.45) is 0.114. The zero-order valence-corrected chi connectivity index (χ0v) is 8.43. The third-order valence-corrected chi connectivity index (χ3v) is 1.52. The highest BCUT2D eigenvalue weighted by Gasteiger charge is 2.00. The summed E-state index contributed by atoms with van der Waals surface area (Å²) in [6, 6.07) is 1.72. The highest BCUT2D eigenvalue weighted by molar-refractivity contribution is 6.18. The van der Waals surface area contributed by atoms with Gasteiger partial charge < -0.3 is 10.6 Å². The van der Waals surface area contributed by atoms with Crippen LogP contribution in [0.15, 0.2) is 0 Å². The van der Waals surface area contributed by atoms with Gasteiger partial charge in [0.15, 0.2) is 0 Å². The van der Waals surface area contributed by atoms with Gasteiger partial charge in [0.2, 0.25) is 11.8 Å². The summed E-state index contributed by atoms with van der Waals surface area (Å²) >= 11 is 5.33. The standard InChI is InChI=1S/C8H12ClN3O2/c9-3-1-7(13)11-5-6-12-8(14)2-4-10/h1-3,5-6H2,(H,11,13)(H,12,14). The maximum absolute atomic E-state index is 10.9. The monoisotopic (exact) mass is 217 g/mol. The number of nitrogens with one attached hydrogen (secondary N) is 2. The predicted octanol–water partition coefficient (Wildman–Crippen LogP) is -0.239. The van der Waals surface area contributed by atoms with Crippen molar-refractivity contribution in [1.82, 2.24) is 10.6 Å². The topological polar surface area (TPSA) is 82.0 Å². The molecule has 0 atom stereocenters. The number of rotatable bonds is 6. The van der Waals surface area contributed by atoms with Crippen molar-refractivity contribution in [3.8, 4) is 6.07 Å². The van der Waals surface area contributed by atoms with Gasteiger partial charge in [0.1, 0.15) is 6.42 Å². The number of nitrogens with zero attached hydrogens (tertiary/aromatic N) is 1. The summed E-state index contributed by atoms with van der Waals surface area (Å²) < 4.78 is 0. The molecule has 6 heteroatoms. The quantitative estimate of drug-likeness (QED) is 0.476. The molecule has 78 valence electrons. The van der Waals surface area contributed by atoms with Crippen molar-refractivity contribution in [3.63, 3.8) is 0 Å². The predicted molar refractivity (Wildman–Crippen MR) is 51.6 cm³/mol. The van der Waals surface area contributed by atoms with Gasteiger partial charge in [0.25, 0.3) is 0 Å². The lowest BCUT2D eigenvalue weighted by molar-refractivity contribution is -0.122. The molecule has 0 unspecified atom stereocenters. The van der Waals surface area contributed by atoms with E-state index in [0.717, 1.165) is 0 Å². The van der Waals surface area contributed by atoms with Crippen LogP contribution < -0.4 is 10.6 Å². The van der Waals surface area contributed by atoms with Crippen molar-refractivity contribution in [1.29, 1.82) is 5.26 Å². The molecule has 0 aromatic carbocycles. The average molecular weight is 218 g/mol. The summed E-state index contributed by atoms with van der Waals surface area (Å²) in [6.45, 7) is 0.682. The number of hydrogen-bond donors (Lipinski definition) is 2. The van der Waals surface area contributed by atoms with E-state index in [1.54, 1.807) is 6.07 Å². The first-order valence-corrected chi connectivity index (χ1v) is 4.70. The molecule has 2 N–H and O–H groups in total. The number of carbonyl (C=O) groups excluding carboxylic acids is 2. The number of halogens is 1. The fourth-order valence-corrected chi connectivity index (χ4v) is 0.884. The van der Waals surface area contributed by atoms with Crippen LogP contribution in [0.5, 0.6) is 0 Å². The highest BCUT2D eigenvalue weighted by atomic mass is 35.5. The van der Waals surface area contributed by atoms with Crippen LogP contribution in [-0.4, -0.2) is 30.8 Å². The zero-order chi connectivity index (χ0) is 10.8. The Morgan fingerprint density at radius 3 is 2.29 bits per heavy atom. The Bertz CT molecular complexity index is 237. The lowest BCUT2D eigenvalue weighted by atomic mass is 10.4. The fourth-order valence-electron chi connectivity index (χ4n) is 0.712. The lowest BCUT2D eigenvalue weighted by Gasteiger charge is -2.04. The van der Waals surface area contributed by atoms with Crippen LogP contribution in [0.4, 0.5) is 0 Å². The Morgan fingerprint density at radius 2 is 1.79 bits per heavy atom. The maximum Gasteiger partial charge on any atom is 0.234 e. The van der Waals surface area contributed by atoms with Gasteiger partial charge in [-0.25, -0.2) is 0 Å². The minimum absolute atomic E-state index is 0.144. The van der Waals surface area contributed by atoms with E-state index in [0.29, 0.717) is 13.1 Å². The highest BCUT2D eigenvalue weighted by Crippen LogP contribution is 1.82. The minimum atomic E-state index is -0.334. The maximum atomic E-state index is 10.9. The molecule has 0 radical (unpaired) electrons. The van der Waals surface area contributed by atoms with Gasteiger partial charge in [-0.1, -0.05) is 0 Å². The van der Waals surface area contributed by atoms with Crippen molar-refractivity contribution >= 4 is 23.4 Å². The molecule has 0 fully saturated rings. The molecule has 0 spiro atoms. The van der Waals surface area contributed by atoms with Gasteiger partial charge in [-0.15, -0.1) is 11.6 Å². The molecule has 0 aliphatic heterocycles. The Kier molecular flexibility index (Phi) is 7.56. The molecule has 2 amide bonds. The number of amides is 2. The van der Waals surface area contributed by atoms with Crippen LogP contribution in [0, 0.1) is 11.3 Å². The molecule has 0 heterocycles. The molecule has 0 aromatic heterocycles. The molecule has 0 saturated heterocycles. The molecule has 0 bridgehead atoms. The number of nitriles is 1. The van der Waals surface area contributed by atoms with Crippen molar-refractivity contribution in [2.75, 3.05) is 19.0 Å². The van der Waals surface area contributed by atoms with Crippen molar-refractivity contribution in [2.45, 2.75) is 12.8 Å². The van der Waals surface area contributed by atoms with Gasteiger partial charge in [-0.2, -0.15) is 5.26 Å². The van der Waals surface area contributed by atoms with Crippen molar-refractivity contribution in [2.24, 2.45) is 0 Å². The summed E-state index contributed by atoms with van der Waals surface area (Å²) in [5.41, 5.74) is 0. The van der Waals surface area contributed by atoms with Crippen molar-refractivity contribution < 1.29 is 9.59 Å². The molecular weight excluding hydrogens is 206 g/mol. The van der Waals surface area contributed by atoms with Crippen LogP contribution in [0.1, 0.15) is 12.8 Å². The molecule has 0 saturated carbocycles. The molecular formula is C8H12ClN3O2. The molecule has 0 rings (SSSR count). The normalized spacial score (nSPS) is 8.86. The van der Waals surface area contributed by atoms with Gasteiger partial charge in [-0.05, 0) is 0 Å². The largest absolute Gasteiger partial charge is 0.354 e. The second-order valence-corrected chi connectivity index (χ2v) is 2.85. The van der Waals surface area contributed by atoms with E-state index >= 15 is 0 Å². The number of alkyl halides is 1. The Labute approximate surface area is 87.4 Å². The molecule has 0 aliphatic carbocycles. The number of carbonyl (C=O) groups is 2. The van der Waals surface area contributed by atoms with E-state index in [1.165, 1.54) is 0 Å². The van der Waals surface area contributed by atoms with Crippen LogP contribution in [0.25, 0.3) is 0 Å². The first-order valence-electron chi connectivity index (χ1n) is 4.17. The summed E-state index contributed by atoms with van der Waals surface area (Å²) in [4.78, 5) is 21.6. The van der Waals surface area contributed by atoms with Gasteiger partial charge in [0, 0.05) is 25.4 Å². The molecule has 0 aliphatic rings. The molecule has 14 heavy (non-hydrogen) atoms. The smallest absolute Gasteiger partial charge is 0.234 e. The Balaban J connectivity index is 3.34. The summed E-state index contributed by atoms with van der Waals surface area (Å²) in [5, 5.41) is 13.2. The first-order chi connectivity index (χ1) is 6.70. The van der Waals surface area contributed by atoms with E-state index < -0.39 is 0 Å². The van der Waals surface area contributed by atoms with E-state index in [-0.39, 0.29) is 30.5 Å². The fraction of sp³-hybridized carbons (Fsp3) is 0.625. The van der Waals surface area contributed by atoms with Crippen LogP contribution in [-0.2, 0) is 9.59 Å². The Morgan fingerprint density at radius 1 is 1.21 bits per heavy atom. The first kappa shape index (κ1) is 12.7. The SMILES string of the molecule is N#CCC(=O)NCCNC(=O)CCCl. The molecule has 0 aromatic rings. The van der Waals surface area contributed by atoms with Gasteiger partial charge >= 0.3 is 0 Å². The summed E-state index contributed by atoms with van der Waals surface area (Å²) in [5.74, 6) is -0.194.